The SMILES string of the molecule is Brc1ccc(Cc2cccnn2)cc1. The van der Waals surface area contributed by atoms with Crippen LogP contribution in [0.1, 0.15) is 11.3 Å². The Morgan fingerprint density at radius 1 is 1.07 bits per heavy atom. The van der Waals surface area contributed by atoms with Gasteiger partial charge in [0.05, 0.1) is 5.69 Å². The molecular formula is C11H9BrN2. The Balaban J connectivity index is 2.16. The Hall–Kier alpha value is -1.22. The lowest BCUT2D eigenvalue weighted by Gasteiger charge is -1.99. The maximum absolute atomic E-state index is 4.03. The first-order valence-corrected chi connectivity index (χ1v) is 5.15. The summed E-state index contributed by atoms with van der Waals surface area (Å²) in [5.74, 6) is 0. The molecular weight excluding hydrogens is 240 g/mol. The highest BCUT2D eigenvalue weighted by atomic mass is 79.9. The zero-order valence-corrected chi connectivity index (χ0v) is 9.11. The van der Waals surface area contributed by atoms with E-state index in [4.69, 9.17) is 0 Å². The summed E-state index contributed by atoms with van der Waals surface area (Å²) in [6, 6.07) is 12.1. The molecule has 0 saturated carbocycles. The fourth-order valence-corrected chi connectivity index (χ4v) is 1.50. The quantitative estimate of drug-likeness (QED) is 0.817. The monoisotopic (exact) mass is 248 g/mol. The van der Waals surface area contributed by atoms with E-state index < -0.39 is 0 Å². The number of rotatable bonds is 2. The van der Waals surface area contributed by atoms with Gasteiger partial charge in [0.2, 0.25) is 0 Å². The molecule has 1 aromatic carbocycles. The highest BCUT2D eigenvalue weighted by Crippen LogP contribution is 2.12. The summed E-state index contributed by atoms with van der Waals surface area (Å²) in [6.07, 6.45) is 2.52. The zero-order valence-electron chi connectivity index (χ0n) is 7.52. The van der Waals surface area contributed by atoms with Gasteiger partial charge in [-0.3, -0.25) is 0 Å². The van der Waals surface area contributed by atoms with Gasteiger partial charge in [-0.2, -0.15) is 10.2 Å². The van der Waals surface area contributed by atoms with E-state index in [1.54, 1.807) is 6.20 Å². The third kappa shape index (κ3) is 2.39. The van der Waals surface area contributed by atoms with Crippen LogP contribution in [0.2, 0.25) is 0 Å². The minimum Gasteiger partial charge on any atom is -0.159 e. The summed E-state index contributed by atoms with van der Waals surface area (Å²) in [5, 5.41) is 7.87. The molecule has 1 heterocycles. The molecule has 2 nitrogen and oxygen atoms in total. The minimum atomic E-state index is 0.834. The van der Waals surface area contributed by atoms with Crippen molar-refractivity contribution in [1.29, 1.82) is 0 Å². The van der Waals surface area contributed by atoms with E-state index in [-0.39, 0.29) is 0 Å². The normalized spacial score (nSPS) is 10.1. The molecule has 0 radical (unpaired) electrons. The van der Waals surface area contributed by atoms with Crippen molar-refractivity contribution in [2.75, 3.05) is 0 Å². The van der Waals surface area contributed by atoms with Gasteiger partial charge in [-0.1, -0.05) is 28.1 Å². The van der Waals surface area contributed by atoms with E-state index in [0.717, 1.165) is 16.6 Å². The first-order chi connectivity index (χ1) is 6.84. The maximum atomic E-state index is 4.03. The topological polar surface area (TPSA) is 25.8 Å². The number of benzene rings is 1. The molecule has 0 saturated heterocycles. The Morgan fingerprint density at radius 2 is 1.86 bits per heavy atom. The van der Waals surface area contributed by atoms with Gasteiger partial charge in [0.1, 0.15) is 0 Å². The molecule has 0 aliphatic heterocycles. The minimum absolute atomic E-state index is 0.834. The van der Waals surface area contributed by atoms with E-state index in [1.165, 1.54) is 5.56 Å². The lowest BCUT2D eigenvalue weighted by Crippen LogP contribution is -1.92. The van der Waals surface area contributed by atoms with Crippen molar-refractivity contribution < 1.29 is 0 Å². The second-order valence-electron chi connectivity index (χ2n) is 3.02. The summed E-state index contributed by atoms with van der Waals surface area (Å²) in [4.78, 5) is 0. The molecule has 0 unspecified atom stereocenters. The molecule has 0 bridgehead atoms. The van der Waals surface area contributed by atoms with Crippen molar-refractivity contribution in [2.45, 2.75) is 6.42 Å². The standard InChI is InChI=1S/C11H9BrN2/c12-10-5-3-9(4-6-10)8-11-2-1-7-13-14-11/h1-7H,8H2. The molecule has 14 heavy (non-hydrogen) atoms. The lowest BCUT2D eigenvalue weighted by molar-refractivity contribution is 0.937. The molecule has 0 spiro atoms. The molecule has 0 atom stereocenters. The predicted octanol–water partition coefficient (Wildman–Crippen LogP) is 2.83. The fraction of sp³-hybridized carbons (Fsp3) is 0.0909. The summed E-state index contributed by atoms with van der Waals surface area (Å²) in [6.45, 7) is 0. The van der Waals surface area contributed by atoms with Crippen LogP contribution in [0.4, 0.5) is 0 Å². The summed E-state index contributed by atoms with van der Waals surface area (Å²) >= 11 is 3.40. The fourth-order valence-electron chi connectivity index (χ4n) is 1.24. The van der Waals surface area contributed by atoms with Gasteiger partial charge in [0.25, 0.3) is 0 Å². The van der Waals surface area contributed by atoms with Crippen LogP contribution in [0.3, 0.4) is 0 Å². The summed E-state index contributed by atoms with van der Waals surface area (Å²) in [5.41, 5.74) is 2.24. The van der Waals surface area contributed by atoms with Gasteiger partial charge < -0.3 is 0 Å². The van der Waals surface area contributed by atoms with Crippen molar-refractivity contribution in [1.82, 2.24) is 10.2 Å². The molecule has 70 valence electrons. The molecule has 3 heteroatoms. The smallest absolute Gasteiger partial charge is 0.0674 e. The first-order valence-electron chi connectivity index (χ1n) is 4.35. The maximum Gasteiger partial charge on any atom is 0.0674 e. The number of aromatic nitrogens is 2. The van der Waals surface area contributed by atoms with Crippen molar-refractivity contribution in [3.63, 3.8) is 0 Å². The number of hydrogen-bond acceptors (Lipinski definition) is 2. The molecule has 0 aliphatic carbocycles. The Labute approximate surface area is 91.1 Å². The van der Waals surface area contributed by atoms with Crippen LogP contribution >= 0.6 is 15.9 Å². The summed E-state index contributed by atoms with van der Waals surface area (Å²) < 4.78 is 1.10. The zero-order chi connectivity index (χ0) is 9.80. The van der Waals surface area contributed by atoms with E-state index in [9.17, 15) is 0 Å². The highest BCUT2D eigenvalue weighted by Gasteiger charge is 1.96. The number of nitrogens with zero attached hydrogens (tertiary/aromatic N) is 2. The van der Waals surface area contributed by atoms with Gasteiger partial charge in [0.15, 0.2) is 0 Å². The largest absolute Gasteiger partial charge is 0.159 e. The molecule has 2 rings (SSSR count). The van der Waals surface area contributed by atoms with E-state index >= 15 is 0 Å². The Morgan fingerprint density at radius 3 is 2.50 bits per heavy atom. The molecule has 0 N–H and O–H groups in total. The molecule has 1 aromatic heterocycles. The molecule has 0 amide bonds. The van der Waals surface area contributed by atoms with Crippen LogP contribution in [-0.4, -0.2) is 10.2 Å². The second-order valence-corrected chi connectivity index (χ2v) is 3.93. The Bertz CT molecular complexity index is 397. The average Bonchev–Trinajstić information content (AvgIpc) is 2.23. The van der Waals surface area contributed by atoms with Gasteiger partial charge in [-0.15, -0.1) is 0 Å². The Kier molecular flexibility index (Phi) is 2.89. The highest BCUT2D eigenvalue weighted by molar-refractivity contribution is 9.10. The van der Waals surface area contributed by atoms with Crippen LogP contribution in [0.15, 0.2) is 47.1 Å². The van der Waals surface area contributed by atoms with Gasteiger partial charge in [-0.25, -0.2) is 0 Å². The van der Waals surface area contributed by atoms with Crippen LogP contribution in [-0.2, 0) is 6.42 Å². The molecule has 2 aromatic rings. The van der Waals surface area contributed by atoms with E-state index in [0.29, 0.717) is 0 Å². The van der Waals surface area contributed by atoms with Crippen molar-refractivity contribution in [3.8, 4) is 0 Å². The predicted molar refractivity (Wildman–Crippen MR) is 59.0 cm³/mol. The number of halogens is 1. The first kappa shape index (κ1) is 9.34. The van der Waals surface area contributed by atoms with Crippen LogP contribution in [0.25, 0.3) is 0 Å². The van der Waals surface area contributed by atoms with Crippen molar-refractivity contribution in [3.05, 3.63) is 58.3 Å². The third-order valence-corrected chi connectivity index (χ3v) is 2.45. The van der Waals surface area contributed by atoms with Gasteiger partial charge in [-0.05, 0) is 29.8 Å². The average molecular weight is 249 g/mol. The number of hydrogen-bond donors (Lipinski definition) is 0. The summed E-state index contributed by atoms with van der Waals surface area (Å²) in [7, 11) is 0. The van der Waals surface area contributed by atoms with Crippen molar-refractivity contribution >= 4 is 15.9 Å². The van der Waals surface area contributed by atoms with E-state index in [2.05, 4.69) is 38.3 Å². The van der Waals surface area contributed by atoms with E-state index in [1.807, 2.05) is 24.3 Å². The second kappa shape index (κ2) is 4.33. The lowest BCUT2D eigenvalue weighted by atomic mass is 10.1. The molecule has 0 fully saturated rings. The van der Waals surface area contributed by atoms with Crippen LogP contribution in [0.5, 0.6) is 0 Å². The van der Waals surface area contributed by atoms with Crippen molar-refractivity contribution in [2.24, 2.45) is 0 Å². The third-order valence-electron chi connectivity index (χ3n) is 1.93. The molecule has 0 aliphatic rings. The van der Waals surface area contributed by atoms with Gasteiger partial charge >= 0.3 is 0 Å². The van der Waals surface area contributed by atoms with Crippen LogP contribution in [0, 0.1) is 0 Å². The van der Waals surface area contributed by atoms with Gasteiger partial charge in [0, 0.05) is 17.1 Å². The van der Waals surface area contributed by atoms with Crippen LogP contribution < -0.4 is 0 Å².